The van der Waals surface area contributed by atoms with E-state index >= 15 is 0 Å². The van der Waals surface area contributed by atoms with Crippen LogP contribution in [0.5, 0.6) is 0 Å². The quantitative estimate of drug-likeness (QED) is 0.504. The van der Waals surface area contributed by atoms with Gasteiger partial charge in [-0.15, -0.1) is 9.94 Å². The fourth-order valence-electron chi connectivity index (χ4n) is 2.68. The number of hydrogen-bond acceptors (Lipinski definition) is 8. The number of rotatable bonds is 9. The minimum Gasteiger partial charge on any atom is -0.546 e. The smallest absolute Gasteiger partial charge is 0.232 e. The Morgan fingerprint density at radius 2 is 2.12 bits per heavy atom. The number of aromatic nitrogens is 4. The Hall–Kier alpha value is -1.91. The number of anilines is 2. The molecule has 24 heavy (non-hydrogen) atoms. The highest BCUT2D eigenvalue weighted by Gasteiger charge is 2.13. The molecular formula is C14H23N7O2S. The van der Waals surface area contributed by atoms with Crippen molar-refractivity contribution in [2.24, 2.45) is 0 Å². The second-order valence-corrected chi connectivity index (χ2v) is 6.68. The average Bonchev–Trinajstić information content (AvgIpc) is 3.27. The van der Waals surface area contributed by atoms with E-state index in [0.29, 0.717) is 19.0 Å². The van der Waals surface area contributed by atoms with Gasteiger partial charge in [-0.3, -0.25) is 4.90 Å². The van der Waals surface area contributed by atoms with Crippen LogP contribution in [0.3, 0.4) is 0 Å². The molecule has 1 aliphatic heterocycles. The lowest BCUT2D eigenvalue weighted by molar-refractivity contribution is 0.0798. The van der Waals surface area contributed by atoms with Gasteiger partial charge in [0.15, 0.2) is 11.1 Å². The summed E-state index contributed by atoms with van der Waals surface area (Å²) in [6, 6.07) is 0. The Kier molecular flexibility index (Phi) is 5.83. The number of nitrogens with zero attached hydrogens (tertiary/aromatic N) is 5. The van der Waals surface area contributed by atoms with E-state index in [1.165, 1.54) is 36.3 Å². The zero-order chi connectivity index (χ0) is 16.8. The molecule has 1 saturated heterocycles. The highest BCUT2D eigenvalue weighted by molar-refractivity contribution is 7.14. The molecule has 0 radical (unpaired) electrons. The van der Waals surface area contributed by atoms with E-state index < -0.39 is 11.1 Å². The van der Waals surface area contributed by atoms with Gasteiger partial charge in [0.05, 0.1) is 12.4 Å². The van der Waals surface area contributed by atoms with E-state index in [4.69, 9.17) is 10.6 Å². The molecule has 3 N–H and O–H groups in total. The molecule has 10 heteroatoms. The van der Waals surface area contributed by atoms with Crippen molar-refractivity contribution >= 4 is 22.8 Å². The predicted octanol–water partition coefficient (Wildman–Crippen LogP) is 0.900. The highest BCUT2D eigenvalue weighted by atomic mass is 32.2. The molecule has 1 unspecified atom stereocenters. The monoisotopic (exact) mass is 353 g/mol. The summed E-state index contributed by atoms with van der Waals surface area (Å²) in [6.07, 6.45) is 8.12. The van der Waals surface area contributed by atoms with Crippen LogP contribution in [0.1, 0.15) is 31.2 Å². The Morgan fingerprint density at radius 1 is 1.29 bits per heavy atom. The number of nitrogens with one attached hydrogen (secondary N) is 1. The third-order valence-electron chi connectivity index (χ3n) is 3.89. The average molecular weight is 353 g/mol. The first-order chi connectivity index (χ1) is 11.7. The van der Waals surface area contributed by atoms with Gasteiger partial charge in [-0.25, -0.2) is 0 Å². The lowest BCUT2D eigenvalue weighted by Crippen LogP contribution is -2.18. The molecule has 2 aromatic rings. The molecule has 132 valence electrons. The van der Waals surface area contributed by atoms with Crippen LogP contribution in [0.25, 0.3) is 0 Å². The molecule has 0 bridgehead atoms. The number of unbranched alkanes of at least 4 members (excludes halogenated alkanes) is 1. The summed E-state index contributed by atoms with van der Waals surface area (Å²) >= 11 is -1.57. The van der Waals surface area contributed by atoms with Crippen LogP contribution in [0.2, 0.25) is 0 Å². The van der Waals surface area contributed by atoms with Crippen LogP contribution in [0.15, 0.2) is 12.4 Å². The second kappa shape index (κ2) is 8.27. The van der Waals surface area contributed by atoms with Gasteiger partial charge in [-0.05, 0) is 38.8 Å². The molecule has 1 atom stereocenters. The van der Waals surface area contributed by atoms with Crippen LogP contribution >= 0.6 is 11.1 Å². The summed E-state index contributed by atoms with van der Waals surface area (Å²) in [7, 11) is 0. The van der Waals surface area contributed by atoms with Gasteiger partial charge in [0, 0.05) is 27.4 Å². The van der Waals surface area contributed by atoms with E-state index in [1.54, 1.807) is 0 Å². The normalized spacial score (nSPS) is 15.8. The second-order valence-electron chi connectivity index (χ2n) is 5.85. The molecule has 1 fully saturated rings. The third kappa shape index (κ3) is 4.79. The van der Waals surface area contributed by atoms with Crippen molar-refractivity contribution in [3.8, 4) is 0 Å². The lowest BCUT2D eigenvalue weighted by atomic mass is 10.3. The van der Waals surface area contributed by atoms with Crippen molar-refractivity contribution in [1.82, 2.24) is 23.6 Å². The van der Waals surface area contributed by atoms with Gasteiger partial charge in [0.2, 0.25) is 11.6 Å². The van der Waals surface area contributed by atoms with Gasteiger partial charge in [-0.1, -0.05) is 0 Å². The van der Waals surface area contributed by atoms with Gasteiger partial charge in [0.25, 0.3) is 0 Å². The number of hydrogen-bond donors (Lipinski definition) is 2. The molecule has 2 aromatic heterocycles. The Labute approximate surface area is 143 Å². The van der Waals surface area contributed by atoms with Crippen LogP contribution in [-0.2, 0) is 6.54 Å². The van der Waals surface area contributed by atoms with E-state index in [-0.39, 0.29) is 5.82 Å². The van der Waals surface area contributed by atoms with Crippen molar-refractivity contribution in [3.63, 3.8) is 0 Å². The van der Waals surface area contributed by atoms with E-state index in [0.717, 1.165) is 19.4 Å². The third-order valence-corrected chi connectivity index (χ3v) is 4.59. The minimum absolute atomic E-state index is 0.201. The van der Waals surface area contributed by atoms with Crippen molar-refractivity contribution in [3.05, 3.63) is 18.0 Å². The summed E-state index contributed by atoms with van der Waals surface area (Å²) in [5.74, 6) is 0.611. The van der Waals surface area contributed by atoms with Crippen molar-refractivity contribution < 1.29 is 9.39 Å². The predicted molar refractivity (Wildman–Crippen MR) is 91.0 cm³/mol. The largest absolute Gasteiger partial charge is 0.546 e. The van der Waals surface area contributed by atoms with Crippen molar-refractivity contribution in [2.45, 2.75) is 32.2 Å². The first kappa shape index (κ1) is 16.9. The molecule has 3 heterocycles. The molecule has 0 saturated carbocycles. The van der Waals surface area contributed by atoms with E-state index in [9.17, 15) is 4.55 Å². The maximum atomic E-state index is 11.1. The molecule has 3 rings (SSSR count). The Balaban J connectivity index is 1.29. The SMILES string of the molecule is Nc1n[s+]([O-])nc1NCCCCOn1cc(CN2CCCC2)cn1. The highest BCUT2D eigenvalue weighted by Crippen LogP contribution is 2.18. The Morgan fingerprint density at radius 3 is 2.88 bits per heavy atom. The standard InChI is InChI=1S/C14H23N7O2S/c15-13-14(19-24(22)18-13)16-5-1-4-8-23-21-11-12(9-17-21)10-20-6-2-3-7-20/h9,11H,1-8,10H2,(H2,15,18)(H,16,19). The zero-order valence-electron chi connectivity index (χ0n) is 13.6. The molecule has 0 spiro atoms. The maximum absolute atomic E-state index is 11.1. The van der Waals surface area contributed by atoms with Crippen molar-refractivity contribution in [1.29, 1.82) is 0 Å². The topological polar surface area (TPSA) is 117 Å². The summed E-state index contributed by atoms with van der Waals surface area (Å²) in [5, 5.41) is 7.25. The fraction of sp³-hybridized carbons (Fsp3) is 0.643. The minimum atomic E-state index is -1.57. The van der Waals surface area contributed by atoms with Crippen LogP contribution in [0, 0.1) is 0 Å². The van der Waals surface area contributed by atoms with Gasteiger partial charge < -0.3 is 20.4 Å². The zero-order valence-corrected chi connectivity index (χ0v) is 14.4. The Bertz CT molecular complexity index is 639. The molecule has 9 nitrogen and oxygen atoms in total. The number of likely N-dealkylation sites (tertiary alicyclic amines) is 1. The summed E-state index contributed by atoms with van der Waals surface area (Å²) < 4.78 is 18.5. The van der Waals surface area contributed by atoms with Crippen LogP contribution in [0.4, 0.5) is 11.6 Å². The summed E-state index contributed by atoms with van der Waals surface area (Å²) in [6.45, 7) is 4.55. The number of nitrogens with two attached hydrogens (primary N) is 1. The lowest BCUT2D eigenvalue weighted by Gasteiger charge is -2.12. The first-order valence-corrected chi connectivity index (χ1v) is 9.25. The molecular weight excluding hydrogens is 330 g/mol. The van der Waals surface area contributed by atoms with E-state index in [1.807, 2.05) is 12.4 Å². The van der Waals surface area contributed by atoms with Crippen LogP contribution < -0.4 is 15.9 Å². The van der Waals surface area contributed by atoms with E-state index in [2.05, 4.69) is 24.1 Å². The van der Waals surface area contributed by atoms with Gasteiger partial charge in [-0.2, -0.15) is 0 Å². The first-order valence-electron chi connectivity index (χ1n) is 8.19. The van der Waals surface area contributed by atoms with Crippen molar-refractivity contribution in [2.75, 3.05) is 37.3 Å². The summed E-state index contributed by atoms with van der Waals surface area (Å²) in [4.78, 5) is 9.56. The van der Waals surface area contributed by atoms with Gasteiger partial charge in [0.1, 0.15) is 6.61 Å². The summed E-state index contributed by atoms with van der Waals surface area (Å²) in [5.41, 5.74) is 6.75. The molecule has 1 aliphatic rings. The van der Waals surface area contributed by atoms with Gasteiger partial charge >= 0.3 is 0 Å². The molecule has 0 amide bonds. The fourth-order valence-corrected chi connectivity index (χ4v) is 3.29. The molecule has 0 aromatic carbocycles. The number of nitrogen functional groups attached to an aromatic ring is 1. The maximum Gasteiger partial charge on any atom is 0.232 e. The molecule has 0 aliphatic carbocycles. The van der Waals surface area contributed by atoms with Crippen LogP contribution in [-0.4, -0.2) is 54.4 Å².